The van der Waals surface area contributed by atoms with Crippen LogP contribution >= 0.6 is 27.5 Å². The van der Waals surface area contributed by atoms with Crippen LogP contribution in [-0.2, 0) is 17.8 Å². The number of carboxylic acids is 1. The third-order valence-corrected chi connectivity index (χ3v) is 3.96. The van der Waals surface area contributed by atoms with Crippen LogP contribution in [0.4, 0.5) is 0 Å². The van der Waals surface area contributed by atoms with Crippen LogP contribution in [-0.4, -0.2) is 21.4 Å². The molecule has 0 aliphatic carbocycles. The molecule has 0 aliphatic rings. The molecule has 1 aromatic heterocycles. The number of ketones is 1. The van der Waals surface area contributed by atoms with Crippen LogP contribution < -0.4 is 0 Å². The summed E-state index contributed by atoms with van der Waals surface area (Å²) in [4.78, 5) is 23.5. The minimum Gasteiger partial charge on any atom is -0.481 e. The molecule has 0 fully saturated rings. The smallest absolute Gasteiger partial charge is 0.309 e. The molecule has 6 heteroatoms. The monoisotopic (exact) mass is 369 g/mol. The highest BCUT2D eigenvalue weighted by Crippen LogP contribution is 2.26. The summed E-state index contributed by atoms with van der Waals surface area (Å²) in [7, 11) is 0. The fraction of sp³-hybridized carbons (Fsp3) is 0.200. The third kappa shape index (κ3) is 3.36. The van der Waals surface area contributed by atoms with Crippen molar-refractivity contribution in [3.63, 3.8) is 0 Å². The first-order valence-electron chi connectivity index (χ1n) is 6.34. The average molecular weight is 371 g/mol. The molecule has 0 aliphatic heterocycles. The van der Waals surface area contributed by atoms with Gasteiger partial charge in [-0.1, -0.05) is 11.6 Å². The van der Waals surface area contributed by atoms with Gasteiger partial charge >= 0.3 is 5.97 Å². The topological polar surface area (TPSA) is 59.3 Å². The number of benzene rings is 1. The second-order valence-corrected chi connectivity index (χ2v) is 5.77. The van der Waals surface area contributed by atoms with Gasteiger partial charge in [0, 0.05) is 27.3 Å². The van der Waals surface area contributed by atoms with Crippen LogP contribution in [0.15, 0.2) is 34.8 Å². The van der Waals surface area contributed by atoms with Gasteiger partial charge in [0.2, 0.25) is 5.78 Å². The largest absolute Gasteiger partial charge is 0.481 e. The fourth-order valence-corrected chi connectivity index (χ4v) is 2.98. The van der Waals surface area contributed by atoms with Gasteiger partial charge in [0.05, 0.1) is 6.42 Å². The zero-order valence-corrected chi connectivity index (χ0v) is 13.6. The van der Waals surface area contributed by atoms with Crippen molar-refractivity contribution >= 4 is 39.3 Å². The van der Waals surface area contributed by atoms with Gasteiger partial charge in [-0.15, -0.1) is 0 Å². The van der Waals surface area contributed by atoms with Gasteiger partial charge in [-0.05, 0) is 53.2 Å². The molecule has 21 heavy (non-hydrogen) atoms. The molecule has 0 atom stereocenters. The molecule has 110 valence electrons. The second kappa shape index (κ2) is 6.45. The van der Waals surface area contributed by atoms with Gasteiger partial charge < -0.3 is 9.67 Å². The van der Waals surface area contributed by atoms with Crippen LogP contribution in [0, 0.1) is 0 Å². The molecule has 0 radical (unpaired) electrons. The van der Waals surface area contributed by atoms with Gasteiger partial charge in [-0.25, -0.2) is 0 Å². The first-order valence-corrected chi connectivity index (χ1v) is 7.51. The highest BCUT2D eigenvalue weighted by atomic mass is 79.9. The zero-order valence-electron chi connectivity index (χ0n) is 11.3. The summed E-state index contributed by atoms with van der Waals surface area (Å²) in [6.45, 7) is 2.39. The Morgan fingerprint density at radius 3 is 2.43 bits per heavy atom. The molecule has 4 nitrogen and oxygen atoms in total. The van der Waals surface area contributed by atoms with Crippen molar-refractivity contribution in [2.24, 2.45) is 0 Å². The number of halogens is 2. The first kappa shape index (κ1) is 15.8. The summed E-state index contributed by atoms with van der Waals surface area (Å²) < 4.78 is 2.32. The maximum absolute atomic E-state index is 12.6. The number of carbonyl (C=O) groups excluding carboxylic acids is 1. The van der Waals surface area contributed by atoms with E-state index in [9.17, 15) is 9.59 Å². The molecule has 2 rings (SSSR count). The summed E-state index contributed by atoms with van der Waals surface area (Å²) in [6.07, 6.45) is -0.125. The van der Waals surface area contributed by atoms with Gasteiger partial charge in [0.15, 0.2) is 0 Å². The van der Waals surface area contributed by atoms with E-state index in [4.69, 9.17) is 16.7 Å². The third-order valence-electron chi connectivity index (χ3n) is 3.11. The Kier molecular flexibility index (Phi) is 4.85. The molecule has 1 heterocycles. The van der Waals surface area contributed by atoms with Crippen LogP contribution in [0.1, 0.15) is 28.7 Å². The van der Waals surface area contributed by atoms with Crippen molar-refractivity contribution in [1.82, 2.24) is 4.57 Å². The maximum Gasteiger partial charge on any atom is 0.309 e. The van der Waals surface area contributed by atoms with E-state index in [1.807, 2.05) is 6.92 Å². The maximum atomic E-state index is 12.6. The number of hydrogen-bond acceptors (Lipinski definition) is 2. The molecular weight excluding hydrogens is 358 g/mol. The Bertz CT molecular complexity index is 692. The van der Waals surface area contributed by atoms with Crippen LogP contribution in [0.5, 0.6) is 0 Å². The SMILES string of the molecule is CCn1c(CC(=O)O)cc(Br)c1C(=O)c1ccc(Cl)cc1. The van der Waals surface area contributed by atoms with E-state index < -0.39 is 5.97 Å². The minimum atomic E-state index is -0.930. The quantitative estimate of drug-likeness (QED) is 0.815. The summed E-state index contributed by atoms with van der Waals surface area (Å²) >= 11 is 9.17. The molecule has 0 spiro atoms. The lowest BCUT2D eigenvalue weighted by molar-refractivity contribution is -0.136. The number of rotatable bonds is 5. The molecule has 0 amide bonds. The molecule has 0 unspecified atom stereocenters. The predicted octanol–water partition coefficient (Wildman–Crippen LogP) is 3.78. The normalized spacial score (nSPS) is 10.6. The zero-order chi connectivity index (χ0) is 15.6. The van der Waals surface area contributed by atoms with Gasteiger partial charge in [-0.2, -0.15) is 0 Å². The van der Waals surface area contributed by atoms with Crippen LogP contribution in [0.3, 0.4) is 0 Å². The van der Waals surface area contributed by atoms with E-state index in [1.165, 1.54) is 0 Å². The molecule has 1 aromatic carbocycles. The predicted molar refractivity (Wildman–Crippen MR) is 84.0 cm³/mol. The fourth-order valence-electron chi connectivity index (χ4n) is 2.20. The number of aromatic nitrogens is 1. The number of aliphatic carboxylic acids is 1. The van der Waals surface area contributed by atoms with E-state index in [0.717, 1.165) is 0 Å². The van der Waals surface area contributed by atoms with E-state index in [-0.39, 0.29) is 12.2 Å². The van der Waals surface area contributed by atoms with Crippen molar-refractivity contribution in [1.29, 1.82) is 0 Å². The van der Waals surface area contributed by atoms with Gasteiger partial charge in [-0.3, -0.25) is 9.59 Å². The summed E-state index contributed by atoms with van der Waals surface area (Å²) in [5, 5.41) is 9.50. The van der Waals surface area contributed by atoms with Gasteiger partial charge in [0.1, 0.15) is 5.69 Å². The standard InChI is InChI=1S/C15H13BrClNO3/c1-2-18-11(8-13(19)20)7-12(16)14(18)15(21)9-3-5-10(17)6-4-9/h3-7H,2,8H2,1H3,(H,19,20). The molecule has 0 bridgehead atoms. The molecular formula is C15H13BrClNO3. The Morgan fingerprint density at radius 2 is 1.90 bits per heavy atom. The van der Waals surface area contributed by atoms with E-state index in [2.05, 4.69) is 15.9 Å². The highest BCUT2D eigenvalue weighted by Gasteiger charge is 2.21. The first-order chi connectivity index (χ1) is 9.93. The highest BCUT2D eigenvalue weighted by molar-refractivity contribution is 9.10. The lowest BCUT2D eigenvalue weighted by atomic mass is 10.1. The van der Waals surface area contributed by atoms with Gasteiger partial charge in [0.25, 0.3) is 0 Å². The van der Waals surface area contributed by atoms with Crippen LogP contribution in [0.25, 0.3) is 0 Å². The lowest BCUT2D eigenvalue weighted by Gasteiger charge is -2.10. The number of carbonyl (C=O) groups is 2. The Hall–Kier alpha value is -1.59. The van der Waals surface area contributed by atoms with Crippen molar-refractivity contribution in [3.05, 3.63) is 56.8 Å². The number of carboxylic acid groups (broad SMARTS) is 1. The van der Waals surface area contributed by atoms with E-state index >= 15 is 0 Å². The van der Waals surface area contributed by atoms with Crippen LogP contribution in [0.2, 0.25) is 5.02 Å². The second-order valence-electron chi connectivity index (χ2n) is 4.48. The van der Waals surface area contributed by atoms with Crippen molar-refractivity contribution in [2.45, 2.75) is 19.9 Å². The molecule has 1 N–H and O–H groups in total. The van der Waals surface area contributed by atoms with E-state index in [0.29, 0.717) is 33.0 Å². The van der Waals surface area contributed by atoms with Crippen molar-refractivity contribution < 1.29 is 14.7 Å². The summed E-state index contributed by atoms with van der Waals surface area (Å²) in [6, 6.07) is 8.29. The molecule has 2 aromatic rings. The number of nitrogens with zero attached hydrogens (tertiary/aromatic N) is 1. The minimum absolute atomic E-state index is 0.125. The molecule has 0 saturated heterocycles. The summed E-state index contributed by atoms with van der Waals surface area (Å²) in [5.74, 6) is -1.10. The van der Waals surface area contributed by atoms with E-state index in [1.54, 1.807) is 34.9 Å². The Labute approximate surface area is 135 Å². The Morgan fingerprint density at radius 1 is 1.29 bits per heavy atom. The lowest BCUT2D eigenvalue weighted by Crippen LogP contribution is -2.14. The number of hydrogen-bond donors (Lipinski definition) is 1. The summed E-state index contributed by atoms with van der Waals surface area (Å²) in [5.41, 5.74) is 1.56. The Balaban J connectivity index is 2.47. The van der Waals surface area contributed by atoms with Crippen molar-refractivity contribution in [3.8, 4) is 0 Å². The van der Waals surface area contributed by atoms with Crippen molar-refractivity contribution in [2.75, 3.05) is 0 Å². The average Bonchev–Trinajstić information content (AvgIpc) is 2.73. The molecule has 0 saturated carbocycles.